The molecule has 1 saturated heterocycles. The van der Waals surface area contributed by atoms with Crippen molar-refractivity contribution in [3.63, 3.8) is 0 Å². The summed E-state index contributed by atoms with van der Waals surface area (Å²) in [5.41, 5.74) is -0.101. The number of amides is 1. The smallest absolute Gasteiger partial charge is 0.254 e. The van der Waals surface area contributed by atoms with E-state index >= 15 is 0 Å². The van der Waals surface area contributed by atoms with Crippen LogP contribution in [0.4, 0.5) is 0 Å². The summed E-state index contributed by atoms with van der Waals surface area (Å²) in [6, 6.07) is 6.13. The molecule has 5 nitrogen and oxygen atoms in total. The van der Waals surface area contributed by atoms with Gasteiger partial charge in [-0.2, -0.15) is 5.26 Å². The minimum absolute atomic E-state index is 0.137. The standard InChI is InChI=1S/C14H16N2O3/c1-14(9-15)2-4-16(5-3-14)13(19)10-6-11(17)8-12(18)7-10/h6-8,17-18H,2-5H2,1H3. The number of hydrogen-bond donors (Lipinski definition) is 2. The highest BCUT2D eigenvalue weighted by Crippen LogP contribution is 2.31. The van der Waals surface area contributed by atoms with Gasteiger partial charge in [-0.3, -0.25) is 4.79 Å². The summed E-state index contributed by atoms with van der Waals surface area (Å²) in [6.07, 6.45) is 1.28. The monoisotopic (exact) mass is 260 g/mol. The van der Waals surface area contributed by atoms with E-state index in [1.807, 2.05) is 6.92 Å². The Morgan fingerprint density at radius 3 is 2.26 bits per heavy atom. The van der Waals surface area contributed by atoms with Gasteiger partial charge in [0.15, 0.2) is 0 Å². The first-order valence-corrected chi connectivity index (χ1v) is 6.17. The summed E-state index contributed by atoms with van der Waals surface area (Å²) in [4.78, 5) is 13.9. The largest absolute Gasteiger partial charge is 0.508 e. The van der Waals surface area contributed by atoms with E-state index in [1.165, 1.54) is 18.2 Å². The third-order valence-corrected chi connectivity index (χ3v) is 3.57. The van der Waals surface area contributed by atoms with Crippen molar-refractivity contribution in [3.05, 3.63) is 23.8 Å². The first-order chi connectivity index (χ1) is 8.93. The fourth-order valence-electron chi connectivity index (χ4n) is 2.22. The Kier molecular flexibility index (Phi) is 3.34. The van der Waals surface area contributed by atoms with Crippen LogP contribution < -0.4 is 0 Å². The maximum absolute atomic E-state index is 12.2. The van der Waals surface area contributed by atoms with E-state index in [-0.39, 0.29) is 28.4 Å². The lowest BCUT2D eigenvalue weighted by Gasteiger charge is -2.35. The zero-order valence-electron chi connectivity index (χ0n) is 10.8. The Labute approximate surface area is 111 Å². The van der Waals surface area contributed by atoms with Gasteiger partial charge in [0, 0.05) is 24.7 Å². The predicted molar refractivity (Wildman–Crippen MR) is 68.6 cm³/mol. The number of likely N-dealkylation sites (tertiary alicyclic amines) is 1. The highest BCUT2D eigenvalue weighted by molar-refractivity contribution is 5.95. The predicted octanol–water partition coefficient (Wildman–Crippen LogP) is 1.86. The zero-order chi connectivity index (χ0) is 14.0. The summed E-state index contributed by atoms with van der Waals surface area (Å²) >= 11 is 0. The molecular weight excluding hydrogens is 244 g/mol. The van der Waals surface area contributed by atoms with Gasteiger partial charge < -0.3 is 15.1 Å². The molecule has 1 heterocycles. The highest BCUT2D eigenvalue weighted by atomic mass is 16.3. The van der Waals surface area contributed by atoms with Crippen LogP contribution in [0.25, 0.3) is 0 Å². The van der Waals surface area contributed by atoms with Gasteiger partial charge in [-0.25, -0.2) is 0 Å². The van der Waals surface area contributed by atoms with Crippen molar-refractivity contribution >= 4 is 5.91 Å². The van der Waals surface area contributed by atoms with Gasteiger partial charge in [-0.05, 0) is 31.9 Å². The number of phenolic OH excluding ortho intramolecular Hbond substituents is 2. The van der Waals surface area contributed by atoms with Gasteiger partial charge in [-0.15, -0.1) is 0 Å². The summed E-state index contributed by atoms with van der Waals surface area (Å²) in [5.74, 6) is -0.504. The molecule has 100 valence electrons. The van der Waals surface area contributed by atoms with Crippen molar-refractivity contribution in [2.75, 3.05) is 13.1 Å². The molecule has 1 aliphatic heterocycles. The molecule has 0 radical (unpaired) electrons. The molecule has 0 unspecified atom stereocenters. The molecular formula is C14H16N2O3. The average molecular weight is 260 g/mol. The van der Waals surface area contributed by atoms with Crippen molar-refractivity contribution < 1.29 is 15.0 Å². The third kappa shape index (κ3) is 2.79. The molecule has 5 heteroatoms. The summed E-state index contributed by atoms with van der Waals surface area (Å²) in [5, 5.41) is 27.8. The van der Waals surface area contributed by atoms with E-state index in [0.29, 0.717) is 25.9 Å². The Bertz CT molecular complexity index is 520. The van der Waals surface area contributed by atoms with E-state index in [9.17, 15) is 15.0 Å². The Morgan fingerprint density at radius 2 is 1.79 bits per heavy atom. The lowest BCUT2D eigenvalue weighted by Crippen LogP contribution is -2.41. The number of nitriles is 1. The van der Waals surface area contributed by atoms with Crippen LogP contribution >= 0.6 is 0 Å². The van der Waals surface area contributed by atoms with E-state index < -0.39 is 0 Å². The third-order valence-electron chi connectivity index (χ3n) is 3.57. The summed E-state index contributed by atoms with van der Waals surface area (Å²) in [7, 11) is 0. The maximum Gasteiger partial charge on any atom is 0.254 e. The molecule has 19 heavy (non-hydrogen) atoms. The van der Waals surface area contributed by atoms with Crippen molar-refractivity contribution in [2.45, 2.75) is 19.8 Å². The Balaban J connectivity index is 2.12. The number of phenols is 2. The van der Waals surface area contributed by atoms with Crippen LogP contribution in [-0.4, -0.2) is 34.1 Å². The second-order valence-corrected chi connectivity index (χ2v) is 5.20. The fraction of sp³-hybridized carbons (Fsp3) is 0.429. The first-order valence-electron chi connectivity index (χ1n) is 6.17. The van der Waals surface area contributed by atoms with Crippen molar-refractivity contribution in [3.8, 4) is 17.6 Å². The van der Waals surface area contributed by atoms with E-state index in [0.717, 1.165) is 0 Å². The summed E-state index contributed by atoms with van der Waals surface area (Å²) < 4.78 is 0. The highest BCUT2D eigenvalue weighted by Gasteiger charge is 2.32. The fourth-order valence-corrected chi connectivity index (χ4v) is 2.22. The van der Waals surface area contributed by atoms with E-state index in [4.69, 9.17) is 5.26 Å². The summed E-state index contributed by atoms with van der Waals surface area (Å²) in [6.45, 7) is 2.92. The number of piperidine rings is 1. The topological polar surface area (TPSA) is 84.6 Å². The van der Waals surface area contributed by atoms with Gasteiger partial charge in [0.05, 0.1) is 11.5 Å². The van der Waals surface area contributed by atoms with Gasteiger partial charge in [0.1, 0.15) is 11.5 Å². The van der Waals surface area contributed by atoms with Gasteiger partial charge in [0.25, 0.3) is 5.91 Å². The SMILES string of the molecule is CC1(C#N)CCN(C(=O)c2cc(O)cc(O)c2)CC1. The zero-order valence-corrected chi connectivity index (χ0v) is 10.8. The molecule has 1 fully saturated rings. The number of aromatic hydroxyl groups is 2. The van der Waals surface area contributed by atoms with Gasteiger partial charge >= 0.3 is 0 Å². The van der Waals surface area contributed by atoms with Crippen molar-refractivity contribution in [1.82, 2.24) is 4.90 Å². The number of carbonyl (C=O) groups is 1. The molecule has 0 aliphatic carbocycles. The quantitative estimate of drug-likeness (QED) is 0.807. The minimum atomic E-state index is -0.363. The molecule has 0 saturated carbocycles. The number of benzene rings is 1. The number of carbonyl (C=O) groups excluding carboxylic acids is 1. The molecule has 1 aromatic rings. The molecule has 0 aromatic heterocycles. The maximum atomic E-state index is 12.2. The van der Waals surface area contributed by atoms with Crippen LogP contribution in [0.1, 0.15) is 30.1 Å². The molecule has 1 aromatic carbocycles. The Morgan fingerprint density at radius 1 is 1.26 bits per heavy atom. The second-order valence-electron chi connectivity index (χ2n) is 5.20. The molecule has 0 spiro atoms. The van der Waals surface area contributed by atoms with Gasteiger partial charge in [0.2, 0.25) is 0 Å². The van der Waals surface area contributed by atoms with Crippen LogP contribution in [0.2, 0.25) is 0 Å². The van der Waals surface area contributed by atoms with Crippen LogP contribution in [0, 0.1) is 16.7 Å². The van der Waals surface area contributed by atoms with E-state index in [2.05, 4.69) is 6.07 Å². The molecule has 0 bridgehead atoms. The number of nitrogens with zero attached hydrogens (tertiary/aromatic N) is 2. The molecule has 0 atom stereocenters. The van der Waals surface area contributed by atoms with Crippen LogP contribution in [0.5, 0.6) is 11.5 Å². The molecule has 1 amide bonds. The Hall–Kier alpha value is -2.22. The average Bonchev–Trinajstić information content (AvgIpc) is 2.38. The van der Waals surface area contributed by atoms with Crippen molar-refractivity contribution in [2.24, 2.45) is 5.41 Å². The lowest BCUT2D eigenvalue weighted by molar-refractivity contribution is 0.0661. The van der Waals surface area contributed by atoms with E-state index in [1.54, 1.807) is 4.90 Å². The molecule has 1 aliphatic rings. The van der Waals surface area contributed by atoms with Crippen LogP contribution in [-0.2, 0) is 0 Å². The van der Waals surface area contributed by atoms with Crippen molar-refractivity contribution in [1.29, 1.82) is 5.26 Å². The lowest BCUT2D eigenvalue weighted by atomic mass is 9.82. The second kappa shape index (κ2) is 4.81. The minimum Gasteiger partial charge on any atom is -0.508 e. The molecule has 2 rings (SSSR count). The normalized spacial score (nSPS) is 17.8. The van der Waals surface area contributed by atoms with Gasteiger partial charge in [-0.1, -0.05) is 0 Å². The van der Waals surface area contributed by atoms with Crippen LogP contribution in [0.3, 0.4) is 0 Å². The number of rotatable bonds is 1. The van der Waals surface area contributed by atoms with Crippen LogP contribution in [0.15, 0.2) is 18.2 Å². The first kappa shape index (κ1) is 13.2. The number of hydrogen-bond acceptors (Lipinski definition) is 4. The molecule has 2 N–H and O–H groups in total.